The van der Waals surface area contributed by atoms with Gasteiger partial charge in [0.1, 0.15) is 5.82 Å². The summed E-state index contributed by atoms with van der Waals surface area (Å²) in [6, 6.07) is 4.76. The summed E-state index contributed by atoms with van der Waals surface area (Å²) in [6.07, 6.45) is 2.27. The fourth-order valence-corrected chi connectivity index (χ4v) is 2.11. The SMILES string of the molecule is CCC(CC)C(O)Cc1ccc(F)cc1C. The Balaban J connectivity index is 2.72. The van der Waals surface area contributed by atoms with Gasteiger partial charge in [0.15, 0.2) is 0 Å². The van der Waals surface area contributed by atoms with Crippen LogP contribution in [0.3, 0.4) is 0 Å². The molecule has 1 aromatic rings. The first-order valence-corrected chi connectivity index (χ1v) is 6.01. The van der Waals surface area contributed by atoms with Gasteiger partial charge in [-0.05, 0) is 42.5 Å². The molecule has 1 N–H and O–H groups in total. The van der Waals surface area contributed by atoms with Crippen molar-refractivity contribution in [3.63, 3.8) is 0 Å². The van der Waals surface area contributed by atoms with Gasteiger partial charge in [-0.15, -0.1) is 0 Å². The molecule has 0 heterocycles. The van der Waals surface area contributed by atoms with Gasteiger partial charge in [0, 0.05) is 0 Å². The van der Waals surface area contributed by atoms with Crippen LogP contribution in [-0.2, 0) is 6.42 Å². The number of hydrogen-bond acceptors (Lipinski definition) is 1. The van der Waals surface area contributed by atoms with Gasteiger partial charge in [-0.3, -0.25) is 0 Å². The fraction of sp³-hybridized carbons (Fsp3) is 0.571. The van der Waals surface area contributed by atoms with E-state index in [0.717, 1.165) is 24.0 Å². The summed E-state index contributed by atoms with van der Waals surface area (Å²) in [5.74, 6) is 0.128. The van der Waals surface area contributed by atoms with E-state index in [9.17, 15) is 9.50 Å². The van der Waals surface area contributed by atoms with E-state index >= 15 is 0 Å². The summed E-state index contributed by atoms with van der Waals surface area (Å²) < 4.78 is 12.9. The number of aliphatic hydroxyl groups excluding tert-OH is 1. The van der Waals surface area contributed by atoms with Gasteiger partial charge >= 0.3 is 0 Å². The predicted molar refractivity (Wildman–Crippen MR) is 64.9 cm³/mol. The van der Waals surface area contributed by atoms with Crippen LogP contribution < -0.4 is 0 Å². The molecule has 0 bridgehead atoms. The molecular formula is C14H21FO. The van der Waals surface area contributed by atoms with Crippen LogP contribution in [0, 0.1) is 18.7 Å². The molecule has 0 aliphatic rings. The van der Waals surface area contributed by atoms with E-state index in [-0.39, 0.29) is 11.9 Å². The van der Waals surface area contributed by atoms with Crippen LogP contribution in [0.25, 0.3) is 0 Å². The van der Waals surface area contributed by atoms with Crippen LogP contribution in [0.5, 0.6) is 0 Å². The minimum atomic E-state index is -0.320. The maximum absolute atomic E-state index is 12.9. The molecule has 0 aliphatic carbocycles. The lowest BCUT2D eigenvalue weighted by Crippen LogP contribution is -2.22. The summed E-state index contributed by atoms with van der Waals surface area (Å²) in [5, 5.41) is 10.1. The first-order chi connectivity index (χ1) is 7.58. The highest BCUT2D eigenvalue weighted by molar-refractivity contribution is 5.27. The molecule has 0 saturated heterocycles. The minimum Gasteiger partial charge on any atom is -0.392 e. The largest absolute Gasteiger partial charge is 0.392 e. The summed E-state index contributed by atoms with van der Waals surface area (Å²) in [5.41, 5.74) is 1.96. The second-order valence-corrected chi connectivity index (χ2v) is 4.42. The molecule has 1 nitrogen and oxygen atoms in total. The van der Waals surface area contributed by atoms with Gasteiger partial charge in [0.05, 0.1) is 6.10 Å². The van der Waals surface area contributed by atoms with E-state index < -0.39 is 0 Å². The minimum absolute atomic E-state index is 0.210. The van der Waals surface area contributed by atoms with E-state index in [0.29, 0.717) is 12.3 Å². The Morgan fingerprint density at radius 3 is 2.38 bits per heavy atom. The molecular weight excluding hydrogens is 203 g/mol. The summed E-state index contributed by atoms with van der Waals surface area (Å²) in [6.45, 7) is 6.07. The Hall–Kier alpha value is -0.890. The third-order valence-corrected chi connectivity index (χ3v) is 3.33. The molecule has 0 amide bonds. The van der Waals surface area contributed by atoms with E-state index in [1.165, 1.54) is 12.1 Å². The molecule has 0 fully saturated rings. The number of rotatable bonds is 5. The van der Waals surface area contributed by atoms with Crippen molar-refractivity contribution in [1.29, 1.82) is 0 Å². The highest BCUT2D eigenvalue weighted by Gasteiger charge is 2.16. The van der Waals surface area contributed by atoms with Crippen LogP contribution in [0.2, 0.25) is 0 Å². The smallest absolute Gasteiger partial charge is 0.123 e. The number of halogens is 1. The average Bonchev–Trinajstić information content (AvgIpc) is 2.24. The molecule has 0 aromatic heterocycles. The lowest BCUT2D eigenvalue weighted by molar-refractivity contribution is 0.103. The summed E-state index contributed by atoms with van der Waals surface area (Å²) >= 11 is 0. The van der Waals surface area contributed by atoms with E-state index in [2.05, 4.69) is 13.8 Å². The molecule has 1 atom stereocenters. The Labute approximate surface area is 97.3 Å². The topological polar surface area (TPSA) is 20.2 Å². The molecule has 1 unspecified atom stereocenters. The second kappa shape index (κ2) is 6.00. The molecule has 1 rings (SSSR count). The Kier molecular flexibility index (Phi) is 4.94. The van der Waals surface area contributed by atoms with Crippen LogP contribution >= 0.6 is 0 Å². The van der Waals surface area contributed by atoms with E-state index in [1.54, 1.807) is 6.07 Å². The molecule has 0 saturated carbocycles. The molecule has 1 aromatic carbocycles. The van der Waals surface area contributed by atoms with Crippen LogP contribution in [-0.4, -0.2) is 11.2 Å². The van der Waals surface area contributed by atoms with Gasteiger partial charge < -0.3 is 5.11 Å². The van der Waals surface area contributed by atoms with Gasteiger partial charge in [0.2, 0.25) is 0 Å². The van der Waals surface area contributed by atoms with Crippen molar-refractivity contribution in [2.45, 2.75) is 46.1 Å². The van der Waals surface area contributed by atoms with Crippen molar-refractivity contribution in [3.8, 4) is 0 Å². The molecule has 90 valence electrons. The Morgan fingerprint density at radius 2 is 1.88 bits per heavy atom. The zero-order valence-electron chi connectivity index (χ0n) is 10.3. The van der Waals surface area contributed by atoms with Crippen molar-refractivity contribution < 1.29 is 9.50 Å². The summed E-state index contributed by atoms with van der Waals surface area (Å²) in [7, 11) is 0. The molecule has 0 spiro atoms. The first-order valence-electron chi connectivity index (χ1n) is 6.01. The molecule has 2 heteroatoms. The lowest BCUT2D eigenvalue weighted by atomic mass is 9.90. The highest BCUT2D eigenvalue weighted by Crippen LogP contribution is 2.19. The normalized spacial score (nSPS) is 13.1. The number of aliphatic hydroxyl groups is 1. The third kappa shape index (κ3) is 3.31. The maximum atomic E-state index is 12.9. The average molecular weight is 224 g/mol. The van der Waals surface area contributed by atoms with Crippen molar-refractivity contribution in [1.82, 2.24) is 0 Å². The molecule has 0 radical (unpaired) electrons. The van der Waals surface area contributed by atoms with Gasteiger partial charge in [0.25, 0.3) is 0 Å². The zero-order valence-corrected chi connectivity index (χ0v) is 10.3. The Bertz CT molecular complexity index is 332. The number of aryl methyl sites for hydroxylation is 1. The highest BCUT2D eigenvalue weighted by atomic mass is 19.1. The van der Waals surface area contributed by atoms with E-state index in [1.807, 2.05) is 6.92 Å². The quantitative estimate of drug-likeness (QED) is 0.812. The van der Waals surface area contributed by atoms with Crippen molar-refractivity contribution in [3.05, 3.63) is 35.1 Å². The van der Waals surface area contributed by atoms with Gasteiger partial charge in [-0.1, -0.05) is 32.8 Å². The zero-order chi connectivity index (χ0) is 12.1. The van der Waals surface area contributed by atoms with Gasteiger partial charge in [-0.2, -0.15) is 0 Å². The molecule has 0 aliphatic heterocycles. The monoisotopic (exact) mass is 224 g/mol. The van der Waals surface area contributed by atoms with Gasteiger partial charge in [-0.25, -0.2) is 4.39 Å². The first kappa shape index (κ1) is 13.2. The molecule has 16 heavy (non-hydrogen) atoms. The van der Waals surface area contributed by atoms with Crippen LogP contribution in [0.4, 0.5) is 4.39 Å². The number of benzene rings is 1. The van der Waals surface area contributed by atoms with Crippen molar-refractivity contribution in [2.24, 2.45) is 5.92 Å². The maximum Gasteiger partial charge on any atom is 0.123 e. The van der Waals surface area contributed by atoms with Crippen LogP contribution in [0.1, 0.15) is 37.8 Å². The fourth-order valence-electron chi connectivity index (χ4n) is 2.11. The van der Waals surface area contributed by atoms with Crippen molar-refractivity contribution in [2.75, 3.05) is 0 Å². The lowest BCUT2D eigenvalue weighted by Gasteiger charge is -2.20. The van der Waals surface area contributed by atoms with Crippen molar-refractivity contribution >= 4 is 0 Å². The van der Waals surface area contributed by atoms with Crippen LogP contribution in [0.15, 0.2) is 18.2 Å². The van der Waals surface area contributed by atoms with E-state index in [4.69, 9.17) is 0 Å². The summed E-state index contributed by atoms with van der Waals surface area (Å²) in [4.78, 5) is 0. The standard InChI is InChI=1S/C14H21FO/c1-4-11(5-2)14(16)9-12-6-7-13(15)8-10(12)3/h6-8,11,14,16H,4-5,9H2,1-3H3. The second-order valence-electron chi connectivity index (χ2n) is 4.42. The Morgan fingerprint density at radius 1 is 1.25 bits per heavy atom. The number of hydrogen-bond donors (Lipinski definition) is 1. The predicted octanol–water partition coefficient (Wildman–Crippen LogP) is 3.47. The third-order valence-electron chi connectivity index (χ3n) is 3.33.